The van der Waals surface area contributed by atoms with Gasteiger partial charge in [0.25, 0.3) is 0 Å². The standard InChI is InChI=1S/C14H16BrNO2S/c1-9-12(15)7-14(19-9)13(8-17)16-10-3-5-11(18-2)6-4-10/h3-7,13,16-17H,8H2,1-2H3. The zero-order valence-electron chi connectivity index (χ0n) is 10.8. The SMILES string of the molecule is COc1ccc(NC(CO)c2cc(Br)c(C)s2)cc1. The van der Waals surface area contributed by atoms with Crippen molar-refractivity contribution >= 4 is 33.0 Å². The third-order valence-electron chi connectivity index (χ3n) is 2.83. The topological polar surface area (TPSA) is 41.5 Å². The molecule has 0 aliphatic heterocycles. The van der Waals surface area contributed by atoms with E-state index in [4.69, 9.17) is 4.74 Å². The van der Waals surface area contributed by atoms with E-state index in [1.165, 1.54) is 4.88 Å². The molecule has 0 aliphatic carbocycles. The van der Waals surface area contributed by atoms with Crippen molar-refractivity contribution in [2.45, 2.75) is 13.0 Å². The van der Waals surface area contributed by atoms with Gasteiger partial charge in [0.05, 0.1) is 19.8 Å². The number of benzene rings is 1. The van der Waals surface area contributed by atoms with Crippen LogP contribution < -0.4 is 10.1 Å². The van der Waals surface area contributed by atoms with E-state index >= 15 is 0 Å². The maximum absolute atomic E-state index is 9.55. The molecule has 0 aliphatic rings. The predicted octanol–water partition coefficient (Wildman–Crippen LogP) is 3.97. The smallest absolute Gasteiger partial charge is 0.119 e. The molecule has 0 amide bonds. The largest absolute Gasteiger partial charge is 0.497 e. The lowest BCUT2D eigenvalue weighted by molar-refractivity contribution is 0.277. The molecule has 2 N–H and O–H groups in total. The molecule has 1 unspecified atom stereocenters. The minimum Gasteiger partial charge on any atom is -0.497 e. The van der Waals surface area contributed by atoms with E-state index in [9.17, 15) is 5.11 Å². The van der Waals surface area contributed by atoms with E-state index in [0.29, 0.717) is 0 Å². The first-order valence-corrected chi connectivity index (χ1v) is 7.52. The number of aliphatic hydroxyl groups excluding tert-OH is 1. The highest BCUT2D eigenvalue weighted by molar-refractivity contribution is 9.10. The van der Waals surface area contributed by atoms with Crippen molar-refractivity contribution in [3.8, 4) is 5.75 Å². The summed E-state index contributed by atoms with van der Waals surface area (Å²) >= 11 is 5.18. The van der Waals surface area contributed by atoms with Gasteiger partial charge in [-0.05, 0) is 53.2 Å². The Kier molecular flexibility index (Phi) is 4.85. The number of rotatable bonds is 5. The highest BCUT2D eigenvalue weighted by Gasteiger charge is 2.14. The number of anilines is 1. The molecule has 1 atom stereocenters. The molecule has 0 bridgehead atoms. The molecular weight excluding hydrogens is 326 g/mol. The molecule has 5 heteroatoms. The quantitative estimate of drug-likeness (QED) is 0.864. The van der Waals surface area contributed by atoms with Gasteiger partial charge in [-0.15, -0.1) is 11.3 Å². The molecule has 1 aromatic heterocycles. The number of aliphatic hydroxyl groups is 1. The Labute approximate surface area is 125 Å². The van der Waals surface area contributed by atoms with E-state index in [0.717, 1.165) is 20.8 Å². The third-order valence-corrected chi connectivity index (χ3v) is 5.08. The predicted molar refractivity (Wildman–Crippen MR) is 83.2 cm³/mol. The summed E-state index contributed by atoms with van der Waals surface area (Å²) in [7, 11) is 1.64. The van der Waals surface area contributed by atoms with Gasteiger partial charge in [-0.1, -0.05) is 0 Å². The molecule has 1 aromatic carbocycles. The van der Waals surface area contributed by atoms with Gasteiger partial charge in [-0.2, -0.15) is 0 Å². The molecule has 2 rings (SSSR count). The Balaban J connectivity index is 2.13. The summed E-state index contributed by atoms with van der Waals surface area (Å²) in [6, 6.07) is 9.63. The van der Waals surface area contributed by atoms with Gasteiger partial charge in [-0.25, -0.2) is 0 Å². The number of methoxy groups -OCH3 is 1. The maximum atomic E-state index is 9.55. The molecule has 0 saturated heterocycles. The molecule has 0 saturated carbocycles. The highest BCUT2D eigenvalue weighted by atomic mass is 79.9. The van der Waals surface area contributed by atoms with Crippen LogP contribution in [0.15, 0.2) is 34.8 Å². The van der Waals surface area contributed by atoms with E-state index in [1.54, 1.807) is 18.4 Å². The summed E-state index contributed by atoms with van der Waals surface area (Å²) in [6.07, 6.45) is 0. The van der Waals surface area contributed by atoms with Crippen LogP contribution in [0, 0.1) is 6.92 Å². The molecule has 0 fully saturated rings. The lowest BCUT2D eigenvalue weighted by Crippen LogP contribution is -2.13. The van der Waals surface area contributed by atoms with Crippen LogP contribution in [0.3, 0.4) is 0 Å². The molecule has 0 radical (unpaired) electrons. The van der Waals surface area contributed by atoms with Crippen LogP contribution in [-0.4, -0.2) is 18.8 Å². The number of hydrogen-bond acceptors (Lipinski definition) is 4. The van der Waals surface area contributed by atoms with Crippen molar-refractivity contribution in [2.75, 3.05) is 19.0 Å². The van der Waals surface area contributed by atoms with E-state index in [-0.39, 0.29) is 12.6 Å². The van der Waals surface area contributed by atoms with E-state index < -0.39 is 0 Å². The maximum Gasteiger partial charge on any atom is 0.119 e. The van der Waals surface area contributed by atoms with Gasteiger partial charge in [0.2, 0.25) is 0 Å². The fourth-order valence-electron chi connectivity index (χ4n) is 1.75. The summed E-state index contributed by atoms with van der Waals surface area (Å²) in [5, 5.41) is 12.9. The van der Waals surface area contributed by atoms with Crippen LogP contribution >= 0.6 is 27.3 Å². The lowest BCUT2D eigenvalue weighted by Gasteiger charge is -2.16. The average molecular weight is 342 g/mol. The number of aryl methyl sites for hydroxylation is 1. The van der Waals surface area contributed by atoms with Gasteiger partial charge in [0.1, 0.15) is 5.75 Å². The first kappa shape index (κ1) is 14.4. The summed E-state index contributed by atoms with van der Waals surface area (Å²) < 4.78 is 6.21. The van der Waals surface area contributed by atoms with Crippen molar-refractivity contribution < 1.29 is 9.84 Å². The fraction of sp³-hybridized carbons (Fsp3) is 0.286. The average Bonchev–Trinajstić information content (AvgIpc) is 2.76. The Hall–Kier alpha value is -1.04. The molecule has 3 nitrogen and oxygen atoms in total. The second-order valence-electron chi connectivity index (χ2n) is 4.16. The summed E-state index contributed by atoms with van der Waals surface area (Å²) in [6.45, 7) is 2.11. The van der Waals surface area contributed by atoms with Crippen LogP contribution in [0.2, 0.25) is 0 Å². The van der Waals surface area contributed by atoms with Gasteiger partial charge >= 0.3 is 0 Å². The number of thiophene rings is 1. The first-order chi connectivity index (χ1) is 9.13. The lowest BCUT2D eigenvalue weighted by atomic mass is 10.2. The van der Waals surface area contributed by atoms with Crippen LogP contribution in [0.5, 0.6) is 5.75 Å². The zero-order chi connectivity index (χ0) is 13.8. The minimum absolute atomic E-state index is 0.0540. The molecule has 2 aromatic rings. The Morgan fingerprint density at radius 3 is 2.53 bits per heavy atom. The molecule has 102 valence electrons. The number of nitrogens with one attached hydrogen (secondary N) is 1. The Morgan fingerprint density at radius 1 is 1.37 bits per heavy atom. The van der Waals surface area contributed by atoms with Crippen LogP contribution in [0.25, 0.3) is 0 Å². The van der Waals surface area contributed by atoms with E-state index in [2.05, 4.69) is 34.2 Å². The van der Waals surface area contributed by atoms with E-state index in [1.807, 2.05) is 24.3 Å². The summed E-state index contributed by atoms with van der Waals surface area (Å²) in [5.74, 6) is 0.820. The summed E-state index contributed by atoms with van der Waals surface area (Å²) in [4.78, 5) is 2.33. The Morgan fingerprint density at radius 2 is 2.05 bits per heavy atom. The van der Waals surface area contributed by atoms with Crippen molar-refractivity contribution in [2.24, 2.45) is 0 Å². The zero-order valence-corrected chi connectivity index (χ0v) is 13.2. The fourth-order valence-corrected chi connectivity index (χ4v) is 3.35. The van der Waals surface area contributed by atoms with Crippen LogP contribution in [-0.2, 0) is 0 Å². The molecule has 19 heavy (non-hydrogen) atoms. The second-order valence-corrected chi connectivity index (χ2v) is 6.30. The third kappa shape index (κ3) is 3.49. The van der Waals surface area contributed by atoms with Gasteiger partial charge in [-0.3, -0.25) is 0 Å². The highest BCUT2D eigenvalue weighted by Crippen LogP contribution is 2.32. The van der Waals surface area contributed by atoms with Crippen molar-refractivity contribution in [1.29, 1.82) is 0 Å². The minimum atomic E-state index is -0.0941. The molecule has 0 spiro atoms. The molecule has 1 heterocycles. The number of halogens is 1. The van der Waals surface area contributed by atoms with Crippen molar-refractivity contribution in [1.82, 2.24) is 0 Å². The normalized spacial score (nSPS) is 12.2. The van der Waals surface area contributed by atoms with Crippen LogP contribution in [0.4, 0.5) is 5.69 Å². The van der Waals surface area contributed by atoms with Crippen LogP contribution in [0.1, 0.15) is 15.8 Å². The van der Waals surface area contributed by atoms with Crippen molar-refractivity contribution in [3.05, 3.63) is 44.6 Å². The van der Waals surface area contributed by atoms with Gasteiger partial charge < -0.3 is 15.2 Å². The van der Waals surface area contributed by atoms with Gasteiger partial charge in [0.15, 0.2) is 0 Å². The van der Waals surface area contributed by atoms with Crippen molar-refractivity contribution in [3.63, 3.8) is 0 Å². The first-order valence-electron chi connectivity index (χ1n) is 5.91. The Bertz CT molecular complexity index is 519. The van der Waals surface area contributed by atoms with Gasteiger partial charge in [0, 0.05) is 19.9 Å². The number of ether oxygens (including phenoxy) is 1. The summed E-state index contributed by atoms with van der Waals surface area (Å²) in [5.41, 5.74) is 0.960. The second kappa shape index (κ2) is 6.41. The molecular formula is C14H16BrNO2S. The number of hydrogen-bond donors (Lipinski definition) is 2. The monoisotopic (exact) mass is 341 g/mol.